The summed E-state index contributed by atoms with van der Waals surface area (Å²) >= 11 is 0. The van der Waals surface area contributed by atoms with Gasteiger partial charge >= 0.3 is 5.69 Å². The van der Waals surface area contributed by atoms with Gasteiger partial charge in [-0.3, -0.25) is 19.6 Å². The van der Waals surface area contributed by atoms with Gasteiger partial charge in [0.05, 0.1) is 27.5 Å². The van der Waals surface area contributed by atoms with Crippen LogP contribution in [0, 0.1) is 24.0 Å². The Kier molecular flexibility index (Phi) is 6.60. The predicted molar refractivity (Wildman–Crippen MR) is 124 cm³/mol. The van der Waals surface area contributed by atoms with Gasteiger partial charge in [-0.15, -0.1) is 0 Å². The molecule has 0 spiro atoms. The molecule has 0 amide bonds. The molecule has 0 fully saturated rings. The monoisotopic (exact) mass is 491 g/mol. The molecule has 0 unspecified atom stereocenters. The third-order valence-electron chi connectivity index (χ3n) is 4.66. The summed E-state index contributed by atoms with van der Waals surface area (Å²) in [5.74, 6) is -0.0927. The van der Waals surface area contributed by atoms with Crippen molar-refractivity contribution in [1.29, 1.82) is 0 Å². The maximum atomic E-state index is 12.9. The van der Waals surface area contributed by atoms with Gasteiger partial charge in [0, 0.05) is 11.8 Å². The average Bonchev–Trinajstić information content (AvgIpc) is 2.74. The van der Waals surface area contributed by atoms with Gasteiger partial charge < -0.3 is 4.74 Å². The molecule has 0 saturated carbocycles. The molecule has 3 aromatic rings. The molecule has 10 nitrogen and oxygen atoms in total. The minimum atomic E-state index is -4.26. The summed E-state index contributed by atoms with van der Waals surface area (Å²) in [5, 5.41) is 11.2. The lowest BCUT2D eigenvalue weighted by atomic mass is 10.2. The van der Waals surface area contributed by atoms with Crippen molar-refractivity contribution < 1.29 is 26.5 Å². The number of hydrogen-bond acceptors (Lipinski definition) is 7. The van der Waals surface area contributed by atoms with Crippen LogP contribution in [-0.4, -0.2) is 28.9 Å². The molecule has 0 saturated heterocycles. The fourth-order valence-corrected chi connectivity index (χ4v) is 5.46. The van der Waals surface area contributed by atoms with Crippen LogP contribution < -0.4 is 14.2 Å². The van der Waals surface area contributed by atoms with Crippen LogP contribution in [0.2, 0.25) is 0 Å². The molecule has 3 aromatic carbocycles. The quantitative estimate of drug-likeness (QED) is 0.360. The zero-order valence-electron chi connectivity index (χ0n) is 17.9. The van der Waals surface area contributed by atoms with Crippen molar-refractivity contribution in [3.8, 4) is 5.75 Å². The number of nitrogens with zero attached hydrogens (tertiary/aromatic N) is 1. The topological polar surface area (TPSA) is 145 Å². The second-order valence-electron chi connectivity index (χ2n) is 7.15. The molecule has 0 aliphatic rings. The zero-order valence-corrected chi connectivity index (χ0v) is 19.5. The molecule has 0 atom stereocenters. The summed E-state index contributed by atoms with van der Waals surface area (Å²) < 4.78 is 61.1. The molecule has 174 valence electrons. The molecule has 33 heavy (non-hydrogen) atoms. The van der Waals surface area contributed by atoms with Crippen LogP contribution >= 0.6 is 0 Å². The van der Waals surface area contributed by atoms with Gasteiger partial charge in [0.15, 0.2) is 5.75 Å². The summed E-state index contributed by atoms with van der Waals surface area (Å²) in [6.07, 6.45) is 0. The molecular formula is C21H21N3O7S2. The number of aryl methyl sites for hydroxylation is 2. The van der Waals surface area contributed by atoms with Crippen LogP contribution in [0.4, 0.5) is 17.1 Å². The maximum Gasteiger partial charge on any atom is 0.312 e. The van der Waals surface area contributed by atoms with E-state index in [4.69, 9.17) is 4.74 Å². The average molecular weight is 492 g/mol. The molecule has 3 rings (SSSR count). The van der Waals surface area contributed by atoms with E-state index in [1.165, 1.54) is 31.4 Å². The van der Waals surface area contributed by atoms with E-state index < -0.39 is 30.7 Å². The van der Waals surface area contributed by atoms with Gasteiger partial charge in [0.2, 0.25) is 0 Å². The van der Waals surface area contributed by atoms with E-state index in [1.54, 1.807) is 25.1 Å². The van der Waals surface area contributed by atoms with Crippen LogP contribution in [-0.2, 0) is 20.0 Å². The number of methoxy groups -OCH3 is 1. The highest BCUT2D eigenvalue weighted by atomic mass is 32.2. The van der Waals surface area contributed by atoms with E-state index in [-0.39, 0.29) is 21.2 Å². The van der Waals surface area contributed by atoms with Crippen molar-refractivity contribution in [3.63, 3.8) is 0 Å². The normalized spacial score (nSPS) is 11.6. The molecule has 2 N–H and O–H groups in total. The van der Waals surface area contributed by atoms with Crippen molar-refractivity contribution >= 4 is 37.1 Å². The first kappa shape index (κ1) is 24.0. The van der Waals surface area contributed by atoms with Crippen molar-refractivity contribution in [1.82, 2.24) is 0 Å². The number of anilines is 2. The van der Waals surface area contributed by atoms with Crippen LogP contribution in [0.1, 0.15) is 11.1 Å². The lowest BCUT2D eigenvalue weighted by Crippen LogP contribution is -2.16. The Morgan fingerprint density at radius 1 is 0.848 bits per heavy atom. The molecule has 12 heteroatoms. The summed E-state index contributed by atoms with van der Waals surface area (Å²) in [5.41, 5.74) is 1.09. The van der Waals surface area contributed by atoms with Crippen LogP contribution in [0.3, 0.4) is 0 Å². The van der Waals surface area contributed by atoms with Gasteiger partial charge in [-0.05, 0) is 61.4 Å². The van der Waals surface area contributed by atoms with Crippen molar-refractivity contribution in [2.75, 3.05) is 16.6 Å². The van der Waals surface area contributed by atoms with Gasteiger partial charge in [-0.2, -0.15) is 0 Å². The van der Waals surface area contributed by atoms with E-state index >= 15 is 0 Å². The van der Waals surface area contributed by atoms with Crippen molar-refractivity contribution in [2.24, 2.45) is 0 Å². The zero-order chi connectivity index (χ0) is 24.4. The molecule has 0 radical (unpaired) electrons. The van der Waals surface area contributed by atoms with Crippen LogP contribution in [0.25, 0.3) is 0 Å². The third-order valence-corrected chi connectivity index (χ3v) is 7.56. The first-order valence-corrected chi connectivity index (χ1v) is 12.4. The van der Waals surface area contributed by atoms with Crippen LogP contribution in [0.5, 0.6) is 5.75 Å². The Balaban J connectivity index is 1.95. The highest BCUT2D eigenvalue weighted by molar-refractivity contribution is 7.93. The molecule has 0 aliphatic heterocycles. The Morgan fingerprint density at radius 2 is 1.52 bits per heavy atom. The minimum absolute atomic E-state index is 0.0244. The highest BCUT2D eigenvalue weighted by Crippen LogP contribution is 2.31. The summed E-state index contributed by atoms with van der Waals surface area (Å²) in [6, 6.07) is 14.0. The lowest BCUT2D eigenvalue weighted by Gasteiger charge is -2.14. The van der Waals surface area contributed by atoms with Gasteiger partial charge in [-0.1, -0.05) is 18.2 Å². The molecular weight excluding hydrogens is 470 g/mol. The minimum Gasteiger partial charge on any atom is -0.490 e. The predicted octanol–water partition coefficient (Wildman–Crippen LogP) is 3.82. The Hall–Kier alpha value is -3.64. The number of nitrogens with one attached hydrogen (secondary N) is 2. The number of nitro benzene ring substituents is 1. The third kappa shape index (κ3) is 5.41. The maximum absolute atomic E-state index is 12.9. The summed E-state index contributed by atoms with van der Waals surface area (Å²) in [7, 11) is -7.05. The number of benzene rings is 3. The van der Waals surface area contributed by atoms with Gasteiger partial charge in [-0.25, -0.2) is 16.8 Å². The first-order valence-electron chi connectivity index (χ1n) is 9.48. The smallest absolute Gasteiger partial charge is 0.312 e. The number of hydrogen-bond donors (Lipinski definition) is 2. The van der Waals surface area contributed by atoms with E-state index in [0.717, 1.165) is 17.7 Å². The standard InChI is InChI=1S/C21H21N3O7S2/c1-14-5-4-6-16(11-14)23-33(29,30)21-12-17(8-7-15(21)2)22-32(27,28)18-9-10-20(31-3)19(13-18)24(25)26/h4-13,22-23H,1-3H3. The Bertz CT molecular complexity index is 1440. The van der Waals surface area contributed by atoms with Crippen molar-refractivity contribution in [3.05, 3.63) is 81.9 Å². The number of ether oxygens (including phenoxy) is 1. The van der Waals surface area contributed by atoms with E-state index in [1.807, 2.05) is 13.0 Å². The fraction of sp³-hybridized carbons (Fsp3) is 0.143. The highest BCUT2D eigenvalue weighted by Gasteiger charge is 2.23. The molecule has 0 bridgehead atoms. The van der Waals surface area contributed by atoms with E-state index in [9.17, 15) is 26.9 Å². The first-order chi connectivity index (χ1) is 15.4. The largest absolute Gasteiger partial charge is 0.490 e. The van der Waals surface area contributed by atoms with Crippen molar-refractivity contribution in [2.45, 2.75) is 23.6 Å². The second kappa shape index (κ2) is 9.08. The molecule has 0 aliphatic carbocycles. The lowest BCUT2D eigenvalue weighted by molar-refractivity contribution is -0.386. The Morgan fingerprint density at radius 3 is 2.15 bits per heavy atom. The second-order valence-corrected chi connectivity index (χ2v) is 10.5. The van der Waals surface area contributed by atoms with E-state index in [0.29, 0.717) is 11.3 Å². The van der Waals surface area contributed by atoms with Crippen LogP contribution in [0.15, 0.2) is 70.5 Å². The SMILES string of the molecule is COc1ccc(S(=O)(=O)Nc2ccc(C)c(S(=O)(=O)Nc3cccc(C)c3)c2)cc1[N+](=O)[O-]. The summed E-state index contributed by atoms with van der Waals surface area (Å²) in [6.45, 7) is 3.40. The summed E-state index contributed by atoms with van der Waals surface area (Å²) in [4.78, 5) is 9.96. The van der Waals surface area contributed by atoms with Gasteiger partial charge in [0.1, 0.15) is 0 Å². The molecule has 0 aromatic heterocycles. The molecule has 0 heterocycles. The Labute approximate surface area is 191 Å². The number of nitro groups is 1. The number of rotatable bonds is 8. The number of sulfonamides is 2. The fourth-order valence-electron chi connectivity index (χ4n) is 3.07. The van der Waals surface area contributed by atoms with E-state index in [2.05, 4.69) is 9.44 Å². The van der Waals surface area contributed by atoms with Gasteiger partial charge in [0.25, 0.3) is 20.0 Å².